The van der Waals surface area contributed by atoms with Gasteiger partial charge in [-0.15, -0.1) is 0 Å². The number of nitriles is 1. The van der Waals surface area contributed by atoms with Crippen molar-refractivity contribution in [1.82, 2.24) is 4.90 Å². The molecule has 0 unspecified atom stereocenters. The Balaban J connectivity index is 1.86. The molecule has 1 N–H and O–H groups in total. The molecule has 6 heteroatoms. The van der Waals surface area contributed by atoms with Crippen LogP contribution in [-0.2, 0) is 0 Å². The van der Waals surface area contributed by atoms with Crippen molar-refractivity contribution in [1.29, 1.82) is 5.26 Å². The molecule has 0 bridgehead atoms. The molecule has 2 heterocycles. The first kappa shape index (κ1) is 20.5. The average molecular weight is 390 g/mol. The number of furan rings is 1. The Kier molecular flexibility index (Phi) is 6.59. The Labute approximate surface area is 172 Å². The molecule has 1 saturated heterocycles. The molecule has 1 fully saturated rings. The van der Waals surface area contributed by atoms with Crippen LogP contribution in [0.15, 0.2) is 34.7 Å². The molecular weight excluding hydrogens is 364 g/mol. The summed E-state index contributed by atoms with van der Waals surface area (Å²) in [7, 11) is 3.97. The normalized spacial score (nSPS) is 14.2. The van der Waals surface area contributed by atoms with Crippen LogP contribution in [0.25, 0.3) is 0 Å². The molecule has 6 nitrogen and oxygen atoms in total. The third kappa shape index (κ3) is 5.40. The van der Waals surface area contributed by atoms with E-state index in [1.807, 2.05) is 43.3 Å². The first-order valence-corrected chi connectivity index (χ1v) is 9.80. The molecule has 1 aliphatic heterocycles. The maximum absolute atomic E-state index is 12.6. The quantitative estimate of drug-likeness (QED) is 0.809. The lowest BCUT2D eigenvalue weighted by Crippen LogP contribution is -2.33. The molecular formula is C23H26N4O2. The summed E-state index contributed by atoms with van der Waals surface area (Å²) in [5.41, 5.74) is 2.61. The van der Waals surface area contributed by atoms with E-state index in [2.05, 4.69) is 29.0 Å². The maximum Gasteiger partial charge on any atom is 0.291 e. The van der Waals surface area contributed by atoms with Crippen molar-refractivity contribution in [2.75, 3.05) is 43.9 Å². The number of carbonyl (C=O) groups excluding carboxylic acids is 1. The molecule has 0 saturated carbocycles. The van der Waals surface area contributed by atoms with Gasteiger partial charge in [-0.3, -0.25) is 9.69 Å². The van der Waals surface area contributed by atoms with Crippen LogP contribution in [0.2, 0.25) is 0 Å². The molecule has 1 aromatic heterocycles. The van der Waals surface area contributed by atoms with Crippen LogP contribution in [0.3, 0.4) is 0 Å². The van der Waals surface area contributed by atoms with E-state index in [9.17, 15) is 4.79 Å². The molecule has 1 amide bonds. The maximum atomic E-state index is 12.6. The lowest BCUT2D eigenvalue weighted by molar-refractivity contribution is 0.0996. The second kappa shape index (κ2) is 9.32. The lowest BCUT2D eigenvalue weighted by atomic mass is 9.98. The summed E-state index contributed by atoms with van der Waals surface area (Å²) in [6.07, 6.45) is 2.24. The van der Waals surface area contributed by atoms with Crippen LogP contribution in [-0.4, -0.2) is 44.5 Å². The van der Waals surface area contributed by atoms with Crippen molar-refractivity contribution >= 4 is 17.3 Å². The SMILES string of the molecule is CC1CCN(c2cc(C#CCN(C)C)ccc2NC(=O)c2ccc(C#N)o2)CC1. The number of hydrogen-bond donors (Lipinski definition) is 1. The number of nitrogens with one attached hydrogen (secondary N) is 1. The Morgan fingerprint density at radius 1 is 1.28 bits per heavy atom. The Morgan fingerprint density at radius 2 is 2.03 bits per heavy atom. The molecule has 0 atom stereocenters. The minimum atomic E-state index is -0.371. The fraction of sp³-hybridized carbons (Fsp3) is 0.391. The second-order valence-electron chi connectivity index (χ2n) is 7.67. The number of nitrogens with zero attached hydrogens (tertiary/aromatic N) is 3. The molecule has 0 spiro atoms. The van der Waals surface area contributed by atoms with Crippen molar-refractivity contribution in [2.24, 2.45) is 5.92 Å². The Bertz CT molecular complexity index is 967. The summed E-state index contributed by atoms with van der Waals surface area (Å²) in [6.45, 7) is 4.84. The van der Waals surface area contributed by atoms with E-state index in [1.54, 1.807) is 0 Å². The average Bonchev–Trinajstić information content (AvgIpc) is 3.19. The monoisotopic (exact) mass is 390 g/mol. The van der Waals surface area contributed by atoms with Crippen molar-refractivity contribution in [2.45, 2.75) is 19.8 Å². The van der Waals surface area contributed by atoms with Crippen molar-refractivity contribution in [3.05, 3.63) is 47.4 Å². The van der Waals surface area contributed by atoms with Gasteiger partial charge in [0.1, 0.15) is 6.07 Å². The highest BCUT2D eigenvalue weighted by atomic mass is 16.3. The Morgan fingerprint density at radius 3 is 2.69 bits per heavy atom. The number of rotatable bonds is 4. The topological polar surface area (TPSA) is 72.5 Å². The van der Waals surface area contributed by atoms with E-state index in [0.29, 0.717) is 12.5 Å². The van der Waals surface area contributed by atoms with Gasteiger partial charge in [0.2, 0.25) is 5.76 Å². The van der Waals surface area contributed by atoms with E-state index >= 15 is 0 Å². The van der Waals surface area contributed by atoms with Crippen LogP contribution < -0.4 is 10.2 Å². The highest BCUT2D eigenvalue weighted by Gasteiger charge is 2.20. The van der Waals surface area contributed by atoms with Gasteiger partial charge < -0.3 is 14.6 Å². The second-order valence-corrected chi connectivity index (χ2v) is 7.67. The molecule has 29 heavy (non-hydrogen) atoms. The minimum absolute atomic E-state index is 0.118. The van der Waals surface area contributed by atoms with Crippen LogP contribution in [0.1, 0.15) is 41.6 Å². The highest BCUT2D eigenvalue weighted by molar-refractivity contribution is 6.04. The van der Waals surface area contributed by atoms with E-state index < -0.39 is 0 Å². The summed E-state index contributed by atoms with van der Waals surface area (Å²) >= 11 is 0. The third-order valence-corrected chi connectivity index (χ3v) is 4.94. The van der Waals surface area contributed by atoms with Crippen molar-refractivity contribution in [3.63, 3.8) is 0 Å². The van der Waals surface area contributed by atoms with Crippen LogP contribution in [0.4, 0.5) is 11.4 Å². The minimum Gasteiger partial charge on any atom is -0.440 e. The summed E-state index contributed by atoms with van der Waals surface area (Å²) in [5.74, 6) is 6.93. The zero-order valence-corrected chi connectivity index (χ0v) is 17.2. The van der Waals surface area contributed by atoms with Gasteiger partial charge in [-0.05, 0) is 63.2 Å². The van der Waals surface area contributed by atoms with Gasteiger partial charge in [0.25, 0.3) is 5.91 Å². The van der Waals surface area contributed by atoms with Gasteiger partial charge >= 0.3 is 0 Å². The summed E-state index contributed by atoms with van der Waals surface area (Å²) in [5, 5.41) is 11.8. The van der Waals surface area contributed by atoms with Gasteiger partial charge in [0.05, 0.1) is 17.9 Å². The van der Waals surface area contributed by atoms with E-state index in [4.69, 9.17) is 9.68 Å². The number of hydrogen-bond acceptors (Lipinski definition) is 5. The number of benzene rings is 1. The van der Waals surface area contributed by atoms with Gasteiger partial charge in [-0.1, -0.05) is 18.8 Å². The summed E-state index contributed by atoms with van der Waals surface area (Å²) in [6, 6.07) is 10.7. The van der Waals surface area contributed by atoms with Crippen LogP contribution >= 0.6 is 0 Å². The third-order valence-electron chi connectivity index (χ3n) is 4.94. The fourth-order valence-corrected chi connectivity index (χ4v) is 3.23. The zero-order valence-electron chi connectivity index (χ0n) is 17.2. The lowest BCUT2D eigenvalue weighted by Gasteiger charge is -2.33. The summed E-state index contributed by atoms with van der Waals surface area (Å²) < 4.78 is 5.25. The predicted molar refractivity (Wildman–Crippen MR) is 114 cm³/mol. The number of piperidine rings is 1. The number of carbonyl (C=O) groups is 1. The molecule has 1 aliphatic rings. The smallest absolute Gasteiger partial charge is 0.291 e. The predicted octanol–water partition coefficient (Wildman–Crippen LogP) is 3.55. The molecule has 1 aromatic carbocycles. The Hall–Kier alpha value is -3.22. The largest absolute Gasteiger partial charge is 0.440 e. The standard InChI is InChI=1S/C23H26N4O2/c1-17-10-13-27(14-11-17)21-15-18(5-4-12-26(2)3)6-8-20(21)25-23(28)22-9-7-19(16-24)29-22/h6-9,15,17H,10-14H2,1-3H3,(H,25,28). The first-order valence-electron chi connectivity index (χ1n) is 9.80. The number of anilines is 2. The fourth-order valence-electron chi connectivity index (χ4n) is 3.23. The first-order chi connectivity index (χ1) is 14.0. The van der Waals surface area contributed by atoms with Crippen LogP contribution in [0, 0.1) is 29.1 Å². The molecule has 0 radical (unpaired) electrons. The van der Waals surface area contributed by atoms with Gasteiger partial charge in [0, 0.05) is 18.7 Å². The van der Waals surface area contributed by atoms with E-state index in [1.165, 1.54) is 12.1 Å². The molecule has 150 valence electrons. The summed E-state index contributed by atoms with van der Waals surface area (Å²) in [4.78, 5) is 16.9. The molecule has 0 aliphatic carbocycles. The zero-order chi connectivity index (χ0) is 20.8. The number of amides is 1. The van der Waals surface area contributed by atoms with E-state index in [-0.39, 0.29) is 17.4 Å². The van der Waals surface area contributed by atoms with Gasteiger partial charge in [-0.25, -0.2) is 0 Å². The van der Waals surface area contributed by atoms with Gasteiger partial charge in [-0.2, -0.15) is 5.26 Å². The van der Waals surface area contributed by atoms with Crippen molar-refractivity contribution < 1.29 is 9.21 Å². The van der Waals surface area contributed by atoms with E-state index in [0.717, 1.165) is 42.9 Å². The van der Waals surface area contributed by atoms with Gasteiger partial charge in [0.15, 0.2) is 5.76 Å². The molecule has 3 rings (SSSR count). The highest BCUT2D eigenvalue weighted by Crippen LogP contribution is 2.31. The molecule has 2 aromatic rings. The van der Waals surface area contributed by atoms with Crippen LogP contribution in [0.5, 0.6) is 0 Å². The van der Waals surface area contributed by atoms with Crippen molar-refractivity contribution in [3.8, 4) is 17.9 Å².